The highest BCUT2D eigenvalue weighted by molar-refractivity contribution is 5.94. The molecule has 0 radical (unpaired) electrons. The lowest BCUT2D eigenvalue weighted by atomic mass is 9.95. The minimum Gasteiger partial charge on any atom is -0.332 e. The summed E-state index contributed by atoms with van der Waals surface area (Å²) in [5.74, 6) is 0.0865. The zero-order valence-corrected chi connectivity index (χ0v) is 15.8. The molecular formula is C22H24N4O. The lowest BCUT2D eigenvalue weighted by Crippen LogP contribution is -2.38. The maximum Gasteiger partial charge on any atom is 0.254 e. The van der Waals surface area contributed by atoms with Crippen molar-refractivity contribution in [3.05, 3.63) is 77.4 Å². The number of aryl methyl sites for hydroxylation is 2. The maximum atomic E-state index is 13.2. The molecule has 0 spiro atoms. The Labute approximate surface area is 159 Å². The average Bonchev–Trinajstić information content (AvgIpc) is 3.06. The first-order valence-corrected chi connectivity index (χ1v) is 9.48. The van der Waals surface area contributed by atoms with Gasteiger partial charge in [-0.2, -0.15) is 5.10 Å². The van der Waals surface area contributed by atoms with Crippen molar-refractivity contribution in [2.45, 2.75) is 39.2 Å². The van der Waals surface area contributed by atoms with Crippen LogP contribution < -0.4 is 0 Å². The fourth-order valence-electron chi connectivity index (χ4n) is 3.90. The molecule has 1 fully saturated rings. The van der Waals surface area contributed by atoms with Gasteiger partial charge in [0.15, 0.2) is 0 Å². The summed E-state index contributed by atoms with van der Waals surface area (Å²) in [6.45, 7) is 4.80. The van der Waals surface area contributed by atoms with Gasteiger partial charge in [0.05, 0.1) is 17.4 Å². The van der Waals surface area contributed by atoms with Gasteiger partial charge in [0.25, 0.3) is 5.91 Å². The van der Waals surface area contributed by atoms with Crippen LogP contribution >= 0.6 is 0 Å². The smallest absolute Gasteiger partial charge is 0.254 e. The van der Waals surface area contributed by atoms with Crippen molar-refractivity contribution in [1.29, 1.82) is 0 Å². The molecule has 1 saturated heterocycles. The summed E-state index contributed by atoms with van der Waals surface area (Å²) in [7, 11) is 0. The molecule has 2 aromatic heterocycles. The number of nitrogens with zero attached hydrogens (tertiary/aromatic N) is 4. The van der Waals surface area contributed by atoms with Gasteiger partial charge in [-0.3, -0.25) is 9.78 Å². The summed E-state index contributed by atoms with van der Waals surface area (Å²) in [6.07, 6.45) is 6.83. The molecule has 1 amide bonds. The van der Waals surface area contributed by atoms with Crippen LogP contribution in [0.3, 0.4) is 0 Å². The molecule has 0 bridgehead atoms. The normalized spacial score (nSPS) is 17.1. The summed E-state index contributed by atoms with van der Waals surface area (Å²) < 4.78 is 1.91. The van der Waals surface area contributed by atoms with Crippen LogP contribution in [0.4, 0.5) is 0 Å². The number of aromatic nitrogens is 3. The van der Waals surface area contributed by atoms with Crippen molar-refractivity contribution in [1.82, 2.24) is 19.7 Å². The van der Waals surface area contributed by atoms with Crippen molar-refractivity contribution in [3.8, 4) is 5.69 Å². The molecule has 27 heavy (non-hydrogen) atoms. The highest BCUT2D eigenvalue weighted by Gasteiger charge is 2.28. The summed E-state index contributed by atoms with van der Waals surface area (Å²) in [6, 6.07) is 13.9. The van der Waals surface area contributed by atoms with Gasteiger partial charge in [0, 0.05) is 30.2 Å². The summed E-state index contributed by atoms with van der Waals surface area (Å²) in [4.78, 5) is 19.4. The first-order chi connectivity index (χ1) is 13.1. The van der Waals surface area contributed by atoms with Crippen molar-refractivity contribution in [2.75, 3.05) is 6.54 Å². The second-order valence-corrected chi connectivity index (χ2v) is 7.18. The van der Waals surface area contributed by atoms with Gasteiger partial charge in [-0.05, 0) is 75.1 Å². The predicted molar refractivity (Wildman–Crippen MR) is 105 cm³/mol. The maximum absolute atomic E-state index is 13.2. The Morgan fingerprint density at radius 2 is 1.93 bits per heavy atom. The number of piperidine rings is 1. The Hall–Kier alpha value is -2.95. The van der Waals surface area contributed by atoms with E-state index in [9.17, 15) is 4.79 Å². The molecule has 1 aliphatic heterocycles. The quantitative estimate of drug-likeness (QED) is 0.701. The fraction of sp³-hybridized carbons (Fsp3) is 0.318. The third-order valence-corrected chi connectivity index (χ3v) is 5.20. The van der Waals surface area contributed by atoms with Crippen LogP contribution in [0.1, 0.15) is 52.6 Å². The summed E-state index contributed by atoms with van der Waals surface area (Å²) in [5, 5.41) is 4.51. The van der Waals surface area contributed by atoms with E-state index in [1.54, 1.807) is 6.20 Å². The number of pyridine rings is 1. The number of benzene rings is 1. The Kier molecular flexibility index (Phi) is 4.75. The van der Waals surface area contributed by atoms with E-state index in [1.807, 2.05) is 66.0 Å². The van der Waals surface area contributed by atoms with E-state index in [2.05, 4.69) is 16.1 Å². The van der Waals surface area contributed by atoms with Gasteiger partial charge in [-0.15, -0.1) is 0 Å². The van der Waals surface area contributed by atoms with Crippen LogP contribution in [-0.4, -0.2) is 32.1 Å². The zero-order chi connectivity index (χ0) is 18.8. The van der Waals surface area contributed by atoms with Crippen LogP contribution in [0.25, 0.3) is 5.69 Å². The van der Waals surface area contributed by atoms with Crippen molar-refractivity contribution in [2.24, 2.45) is 0 Å². The minimum atomic E-state index is 0.0865. The van der Waals surface area contributed by atoms with Crippen molar-refractivity contribution < 1.29 is 4.79 Å². The van der Waals surface area contributed by atoms with E-state index < -0.39 is 0 Å². The molecule has 0 aliphatic carbocycles. The average molecular weight is 360 g/mol. The molecule has 0 unspecified atom stereocenters. The topological polar surface area (TPSA) is 51.0 Å². The molecule has 1 atom stereocenters. The second kappa shape index (κ2) is 7.35. The van der Waals surface area contributed by atoms with Crippen LogP contribution in [0.15, 0.2) is 54.9 Å². The third-order valence-electron chi connectivity index (χ3n) is 5.20. The number of likely N-dealkylation sites (tertiary alicyclic amines) is 1. The Balaban J connectivity index is 1.59. The molecule has 3 heterocycles. The number of hydrogen-bond acceptors (Lipinski definition) is 3. The fourth-order valence-corrected chi connectivity index (χ4v) is 3.90. The van der Waals surface area contributed by atoms with Gasteiger partial charge >= 0.3 is 0 Å². The molecule has 138 valence electrons. The predicted octanol–water partition coefficient (Wildman–Crippen LogP) is 4.25. The zero-order valence-electron chi connectivity index (χ0n) is 15.8. The largest absolute Gasteiger partial charge is 0.332 e. The first-order valence-electron chi connectivity index (χ1n) is 9.48. The van der Waals surface area contributed by atoms with Crippen LogP contribution in [-0.2, 0) is 0 Å². The molecule has 1 aromatic carbocycles. The van der Waals surface area contributed by atoms with Gasteiger partial charge in [0.1, 0.15) is 0 Å². The molecular weight excluding hydrogens is 336 g/mol. The monoisotopic (exact) mass is 360 g/mol. The number of carbonyl (C=O) groups excluding carboxylic acids is 1. The number of carbonyl (C=O) groups is 1. The highest BCUT2D eigenvalue weighted by Crippen LogP contribution is 2.31. The molecule has 0 saturated carbocycles. The first kappa shape index (κ1) is 17.5. The van der Waals surface area contributed by atoms with Crippen molar-refractivity contribution >= 4 is 5.91 Å². The number of amides is 1. The molecule has 1 aliphatic rings. The van der Waals surface area contributed by atoms with E-state index in [0.717, 1.165) is 54.0 Å². The van der Waals surface area contributed by atoms with Gasteiger partial charge in [0.2, 0.25) is 0 Å². The Morgan fingerprint density at radius 3 is 2.59 bits per heavy atom. The minimum absolute atomic E-state index is 0.0865. The Bertz CT molecular complexity index is 931. The van der Waals surface area contributed by atoms with Crippen molar-refractivity contribution in [3.63, 3.8) is 0 Å². The second-order valence-electron chi connectivity index (χ2n) is 7.18. The van der Waals surface area contributed by atoms with E-state index >= 15 is 0 Å². The molecule has 5 nitrogen and oxygen atoms in total. The number of hydrogen-bond donors (Lipinski definition) is 0. The molecule has 0 N–H and O–H groups in total. The lowest BCUT2D eigenvalue weighted by Gasteiger charge is -2.36. The van der Waals surface area contributed by atoms with Gasteiger partial charge in [-0.25, -0.2) is 4.68 Å². The summed E-state index contributed by atoms with van der Waals surface area (Å²) >= 11 is 0. The standard InChI is InChI=1S/C22H24N4O/c1-16-14-17(2)26(24-16)20-10-8-18(9-11-20)22(27)25-13-4-3-7-21(25)19-6-5-12-23-15-19/h5-6,8-12,14-15,21H,3-4,7,13H2,1-2H3/t21-/m1/s1. The molecule has 4 rings (SSSR count). The summed E-state index contributed by atoms with van der Waals surface area (Å²) in [5.41, 5.74) is 4.88. The third kappa shape index (κ3) is 3.50. The van der Waals surface area contributed by atoms with Gasteiger partial charge < -0.3 is 4.90 Å². The van der Waals surface area contributed by atoms with E-state index in [0.29, 0.717) is 0 Å². The lowest BCUT2D eigenvalue weighted by molar-refractivity contribution is 0.0611. The number of rotatable bonds is 3. The molecule has 3 aromatic rings. The van der Waals surface area contributed by atoms with E-state index in [1.165, 1.54) is 0 Å². The van der Waals surface area contributed by atoms with Gasteiger partial charge in [-0.1, -0.05) is 6.07 Å². The highest BCUT2D eigenvalue weighted by atomic mass is 16.2. The Morgan fingerprint density at radius 1 is 1.11 bits per heavy atom. The van der Waals surface area contributed by atoms with E-state index in [4.69, 9.17) is 0 Å². The van der Waals surface area contributed by atoms with Crippen LogP contribution in [0, 0.1) is 13.8 Å². The van der Waals surface area contributed by atoms with E-state index in [-0.39, 0.29) is 11.9 Å². The SMILES string of the molecule is Cc1cc(C)n(-c2ccc(C(=O)N3CCCC[C@@H]3c3cccnc3)cc2)n1. The van der Waals surface area contributed by atoms with Crippen LogP contribution in [0.2, 0.25) is 0 Å². The van der Waals surface area contributed by atoms with Crippen LogP contribution in [0.5, 0.6) is 0 Å². The molecule has 5 heteroatoms.